The maximum atomic E-state index is 11.7. The third kappa shape index (κ3) is 3.85. The fourth-order valence-corrected chi connectivity index (χ4v) is 2.08. The van der Waals surface area contributed by atoms with E-state index >= 15 is 0 Å². The standard InChI is InChI=1S/C11H19N3O3S/c1-3-8(4-2)6-14-11(15)10-5-9(7-13-10)18(12,16)17/h5,7-8,13H,3-4,6H2,1-2H3,(H,14,15)(H2,12,16,17). The molecule has 0 aliphatic heterocycles. The van der Waals surface area contributed by atoms with Crippen molar-refractivity contribution < 1.29 is 13.2 Å². The van der Waals surface area contributed by atoms with Crippen molar-refractivity contribution in [2.24, 2.45) is 11.1 Å². The molecule has 1 heterocycles. The third-order valence-corrected chi connectivity index (χ3v) is 3.83. The van der Waals surface area contributed by atoms with Gasteiger partial charge < -0.3 is 10.3 Å². The quantitative estimate of drug-likeness (QED) is 0.714. The van der Waals surface area contributed by atoms with Crippen LogP contribution in [-0.2, 0) is 10.0 Å². The Balaban J connectivity index is 2.65. The lowest BCUT2D eigenvalue weighted by Crippen LogP contribution is -2.29. The number of primary sulfonamides is 1. The van der Waals surface area contributed by atoms with Gasteiger partial charge in [-0.1, -0.05) is 26.7 Å². The van der Waals surface area contributed by atoms with E-state index in [-0.39, 0.29) is 16.5 Å². The molecule has 0 fully saturated rings. The molecule has 0 bridgehead atoms. The van der Waals surface area contributed by atoms with Gasteiger partial charge in [-0.15, -0.1) is 0 Å². The van der Waals surface area contributed by atoms with Crippen molar-refractivity contribution in [3.63, 3.8) is 0 Å². The smallest absolute Gasteiger partial charge is 0.267 e. The van der Waals surface area contributed by atoms with Crippen molar-refractivity contribution in [2.45, 2.75) is 31.6 Å². The highest BCUT2D eigenvalue weighted by Gasteiger charge is 2.15. The summed E-state index contributed by atoms with van der Waals surface area (Å²) in [4.78, 5) is 14.3. The molecule has 6 nitrogen and oxygen atoms in total. The topological polar surface area (TPSA) is 105 Å². The average Bonchev–Trinajstić information content (AvgIpc) is 2.79. The van der Waals surface area contributed by atoms with Crippen molar-refractivity contribution in [3.05, 3.63) is 18.0 Å². The van der Waals surface area contributed by atoms with E-state index in [1.807, 2.05) is 0 Å². The first-order valence-corrected chi connectivity index (χ1v) is 7.42. The first-order valence-electron chi connectivity index (χ1n) is 5.87. The molecule has 1 amide bonds. The summed E-state index contributed by atoms with van der Waals surface area (Å²) in [5.41, 5.74) is 0.199. The summed E-state index contributed by atoms with van der Waals surface area (Å²) < 4.78 is 22.1. The number of hydrogen-bond acceptors (Lipinski definition) is 3. The summed E-state index contributed by atoms with van der Waals surface area (Å²) in [6, 6.07) is 1.23. The molecule has 102 valence electrons. The van der Waals surface area contributed by atoms with Gasteiger partial charge in [0.05, 0.1) is 4.90 Å². The highest BCUT2D eigenvalue weighted by molar-refractivity contribution is 7.89. The number of amides is 1. The molecule has 0 aromatic carbocycles. The summed E-state index contributed by atoms with van der Waals surface area (Å²) in [5.74, 6) is 0.110. The highest BCUT2D eigenvalue weighted by Crippen LogP contribution is 2.09. The SMILES string of the molecule is CCC(CC)CNC(=O)c1cc(S(N)(=O)=O)c[nH]1. The van der Waals surface area contributed by atoms with E-state index in [4.69, 9.17) is 5.14 Å². The second kappa shape index (κ2) is 6.01. The van der Waals surface area contributed by atoms with E-state index < -0.39 is 10.0 Å². The van der Waals surface area contributed by atoms with Gasteiger partial charge in [0.15, 0.2) is 0 Å². The highest BCUT2D eigenvalue weighted by atomic mass is 32.2. The zero-order valence-corrected chi connectivity index (χ0v) is 11.4. The zero-order chi connectivity index (χ0) is 13.8. The Kier molecular flexibility index (Phi) is 4.92. The third-order valence-electron chi connectivity index (χ3n) is 2.94. The van der Waals surface area contributed by atoms with E-state index in [9.17, 15) is 13.2 Å². The number of hydrogen-bond donors (Lipinski definition) is 3. The molecule has 7 heteroatoms. The van der Waals surface area contributed by atoms with Crippen molar-refractivity contribution in [1.82, 2.24) is 10.3 Å². The average molecular weight is 273 g/mol. The minimum absolute atomic E-state index is 0.0878. The van der Waals surface area contributed by atoms with E-state index in [1.165, 1.54) is 12.3 Å². The number of aromatic nitrogens is 1. The molecule has 0 unspecified atom stereocenters. The van der Waals surface area contributed by atoms with Crippen molar-refractivity contribution in [3.8, 4) is 0 Å². The second-order valence-electron chi connectivity index (χ2n) is 4.19. The van der Waals surface area contributed by atoms with Crippen LogP contribution in [0.2, 0.25) is 0 Å². The maximum Gasteiger partial charge on any atom is 0.267 e. The predicted octanol–water partition coefficient (Wildman–Crippen LogP) is 0.828. The van der Waals surface area contributed by atoms with Crippen LogP contribution in [0.15, 0.2) is 17.2 Å². The number of carbonyl (C=O) groups is 1. The van der Waals surface area contributed by atoms with Gasteiger partial charge in [0.2, 0.25) is 10.0 Å². The molecule has 1 aromatic heterocycles. The van der Waals surface area contributed by atoms with Crippen LogP contribution in [0.3, 0.4) is 0 Å². The van der Waals surface area contributed by atoms with E-state index in [0.29, 0.717) is 12.5 Å². The number of sulfonamides is 1. The number of nitrogens with two attached hydrogens (primary N) is 1. The Morgan fingerprint density at radius 2 is 2.06 bits per heavy atom. The van der Waals surface area contributed by atoms with Crippen molar-refractivity contribution in [1.29, 1.82) is 0 Å². The van der Waals surface area contributed by atoms with Gasteiger partial charge >= 0.3 is 0 Å². The van der Waals surface area contributed by atoms with Gasteiger partial charge in [-0.2, -0.15) is 0 Å². The molecule has 0 aliphatic carbocycles. The van der Waals surface area contributed by atoms with E-state index in [0.717, 1.165) is 12.8 Å². The normalized spacial score (nSPS) is 11.8. The van der Waals surface area contributed by atoms with Crippen LogP contribution in [0, 0.1) is 5.92 Å². The van der Waals surface area contributed by atoms with E-state index in [2.05, 4.69) is 24.1 Å². The molecule has 0 saturated heterocycles. The summed E-state index contributed by atoms with van der Waals surface area (Å²) in [6.45, 7) is 4.71. The molecule has 0 saturated carbocycles. The minimum Gasteiger partial charge on any atom is -0.356 e. The Bertz CT molecular complexity index is 503. The summed E-state index contributed by atoms with van der Waals surface area (Å²) >= 11 is 0. The van der Waals surface area contributed by atoms with Crippen molar-refractivity contribution >= 4 is 15.9 Å². The van der Waals surface area contributed by atoms with Crippen LogP contribution in [0.4, 0.5) is 0 Å². The Morgan fingerprint density at radius 3 is 2.50 bits per heavy atom. The largest absolute Gasteiger partial charge is 0.356 e. The second-order valence-corrected chi connectivity index (χ2v) is 5.75. The lowest BCUT2D eigenvalue weighted by atomic mass is 10.0. The van der Waals surface area contributed by atoms with Crippen LogP contribution in [0.1, 0.15) is 37.2 Å². The number of nitrogens with one attached hydrogen (secondary N) is 2. The number of rotatable bonds is 6. The summed E-state index contributed by atoms with van der Waals surface area (Å²) in [6.07, 6.45) is 3.19. The van der Waals surface area contributed by atoms with Gasteiger partial charge in [-0.05, 0) is 12.0 Å². The molecule has 1 rings (SSSR count). The lowest BCUT2D eigenvalue weighted by Gasteiger charge is -2.12. The van der Waals surface area contributed by atoms with Crippen LogP contribution >= 0.6 is 0 Å². The van der Waals surface area contributed by atoms with Crippen LogP contribution in [-0.4, -0.2) is 25.9 Å². The van der Waals surface area contributed by atoms with Gasteiger partial charge in [-0.3, -0.25) is 4.79 Å². The van der Waals surface area contributed by atoms with Gasteiger partial charge in [-0.25, -0.2) is 13.6 Å². The molecule has 0 atom stereocenters. The summed E-state index contributed by atoms with van der Waals surface area (Å²) in [5, 5.41) is 7.72. The molecule has 18 heavy (non-hydrogen) atoms. The molecule has 0 radical (unpaired) electrons. The fourth-order valence-electron chi connectivity index (χ4n) is 1.58. The lowest BCUT2D eigenvalue weighted by molar-refractivity contribution is 0.0942. The van der Waals surface area contributed by atoms with Crippen molar-refractivity contribution in [2.75, 3.05) is 6.54 Å². The Morgan fingerprint density at radius 1 is 1.44 bits per heavy atom. The number of H-pyrrole nitrogens is 1. The van der Waals surface area contributed by atoms with E-state index in [1.54, 1.807) is 0 Å². The molecule has 0 aliphatic rings. The first kappa shape index (κ1) is 14.7. The van der Waals surface area contributed by atoms with Crippen LogP contribution < -0.4 is 10.5 Å². The predicted molar refractivity (Wildman–Crippen MR) is 68.6 cm³/mol. The molecular formula is C11H19N3O3S. The van der Waals surface area contributed by atoms with Crippen LogP contribution in [0.25, 0.3) is 0 Å². The van der Waals surface area contributed by atoms with Gasteiger partial charge in [0, 0.05) is 12.7 Å². The minimum atomic E-state index is -3.77. The monoisotopic (exact) mass is 273 g/mol. The zero-order valence-electron chi connectivity index (χ0n) is 10.6. The summed E-state index contributed by atoms with van der Waals surface area (Å²) in [7, 11) is -3.77. The van der Waals surface area contributed by atoms with Gasteiger partial charge in [0.25, 0.3) is 5.91 Å². The van der Waals surface area contributed by atoms with Crippen LogP contribution in [0.5, 0.6) is 0 Å². The fraction of sp³-hybridized carbons (Fsp3) is 0.545. The number of aromatic amines is 1. The molecule has 4 N–H and O–H groups in total. The molecule has 1 aromatic rings. The Hall–Kier alpha value is -1.34. The molecular weight excluding hydrogens is 254 g/mol. The maximum absolute atomic E-state index is 11.7. The molecule has 0 spiro atoms. The van der Waals surface area contributed by atoms with Gasteiger partial charge in [0.1, 0.15) is 5.69 Å². The Labute approximate surface area is 107 Å². The first-order chi connectivity index (χ1) is 8.38. The number of carbonyl (C=O) groups excluding carboxylic acids is 1.